The number of hydrogen-bond acceptors (Lipinski definition) is 2. The maximum Gasteiger partial charge on any atom is 0.135 e. The molecule has 0 aromatic heterocycles. The molecule has 1 saturated carbocycles. The van der Waals surface area contributed by atoms with E-state index < -0.39 is 0 Å². The minimum atomic E-state index is 0.383. The van der Waals surface area contributed by atoms with Crippen LogP contribution in [0.3, 0.4) is 0 Å². The minimum Gasteiger partial charge on any atom is -0.378 e. The van der Waals surface area contributed by atoms with Gasteiger partial charge in [0.15, 0.2) is 0 Å². The van der Waals surface area contributed by atoms with E-state index in [0.717, 1.165) is 44.6 Å². The molecule has 3 unspecified atom stereocenters. The number of carbonyl (C=O) groups is 1. The monoisotopic (exact) mass is 252 g/mol. The first-order chi connectivity index (χ1) is 8.79. The average molecular weight is 252 g/mol. The van der Waals surface area contributed by atoms with Gasteiger partial charge in [0.1, 0.15) is 5.78 Å². The van der Waals surface area contributed by atoms with Crippen LogP contribution < -0.4 is 0 Å². The third-order valence-electron chi connectivity index (χ3n) is 4.79. The second kappa shape index (κ2) is 7.28. The Hall–Kier alpha value is -0.370. The maximum atomic E-state index is 12.2. The Labute approximate surface area is 111 Å². The third-order valence-corrected chi connectivity index (χ3v) is 4.79. The van der Waals surface area contributed by atoms with E-state index in [-0.39, 0.29) is 0 Å². The first kappa shape index (κ1) is 14.0. The Balaban J connectivity index is 1.64. The summed E-state index contributed by atoms with van der Waals surface area (Å²) < 4.78 is 5.60. The SMILES string of the molecule is CCC1CCCC(C(=O)CCCC2CCCO2)C1. The van der Waals surface area contributed by atoms with Gasteiger partial charge in [-0.2, -0.15) is 0 Å². The summed E-state index contributed by atoms with van der Waals surface area (Å²) in [7, 11) is 0. The molecular weight excluding hydrogens is 224 g/mol. The van der Waals surface area contributed by atoms with Crippen LogP contribution in [0.4, 0.5) is 0 Å². The van der Waals surface area contributed by atoms with Crippen molar-refractivity contribution < 1.29 is 9.53 Å². The van der Waals surface area contributed by atoms with E-state index in [1.807, 2.05) is 0 Å². The Bertz CT molecular complexity index is 256. The van der Waals surface area contributed by atoms with Crippen LogP contribution in [0.25, 0.3) is 0 Å². The lowest BCUT2D eigenvalue weighted by Crippen LogP contribution is -2.22. The number of ketones is 1. The molecule has 2 aliphatic rings. The molecule has 1 saturated heterocycles. The number of carbonyl (C=O) groups excluding carboxylic acids is 1. The lowest BCUT2D eigenvalue weighted by atomic mass is 9.77. The number of ether oxygens (including phenoxy) is 1. The van der Waals surface area contributed by atoms with Crippen LogP contribution in [0.5, 0.6) is 0 Å². The number of rotatable bonds is 6. The fraction of sp³-hybridized carbons (Fsp3) is 0.938. The van der Waals surface area contributed by atoms with Crippen molar-refractivity contribution in [1.29, 1.82) is 0 Å². The van der Waals surface area contributed by atoms with Crippen molar-refractivity contribution in [2.75, 3.05) is 6.61 Å². The number of Topliss-reactive ketones (excluding diaryl/α,β-unsaturated/α-hetero) is 1. The van der Waals surface area contributed by atoms with Crippen LogP contribution in [0.15, 0.2) is 0 Å². The summed E-state index contributed by atoms with van der Waals surface area (Å²) in [5.74, 6) is 1.73. The van der Waals surface area contributed by atoms with Gasteiger partial charge in [-0.3, -0.25) is 4.79 Å². The van der Waals surface area contributed by atoms with E-state index in [4.69, 9.17) is 4.74 Å². The molecule has 2 fully saturated rings. The predicted octanol–water partition coefficient (Wildman–Crippen LogP) is 4.12. The molecule has 2 rings (SSSR count). The first-order valence-electron chi connectivity index (χ1n) is 7.94. The molecule has 2 heteroatoms. The molecule has 1 aliphatic carbocycles. The molecule has 0 aromatic carbocycles. The average Bonchev–Trinajstić information content (AvgIpc) is 2.92. The van der Waals surface area contributed by atoms with Crippen LogP contribution in [0.2, 0.25) is 0 Å². The fourth-order valence-corrected chi connectivity index (χ4v) is 3.53. The Morgan fingerprint density at radius 3 is 2.83 bits per heavy atom. The summed E-state index contributed by atoms with van der Waals surface area (Å²) in [6.07, 6.45) is 12.0. The molecule has 0 aromatic rings. The van der Waals surface area contributed by atoms with E-state index in [1.165, 1.54) is 32.1 Å². The zero-order valence-corrected chi connectivity index (χ0v) is 11.8. The standard InChI is InChI=1S/C16H28O2/c1-2-13-6-3-7-14(12-13)16(17)10-4-8-15-9-5-11-18-15/h13-15H,2-12H2,1H3. The van der Waals surface area contributed by atoms with Gasteiger partial charge >= 0.3 is 0 Å². The molecule has 1 aliphatic heterocycles. The zero-order chi connectivity index (χ0) is 12.8. The van der Waals surface area contributed by atoms with E-state index in [1.54, 1.807) is 0 Å². The summed E-state index contributed by atoms with van der Waals surface area (Å²) in [5.41, 5.74) is 0. The summed E-state index contributed by atoms with van der Waals surface area (Å²) in [4.78, 5) is 12.2. The van der Waals surface area contributed by atoms with Crippen molar-refractivity contribution in [3.63, 3.8) is 0 Å². The third kappa shape index (κ3) is 4.08. The van der Waals surface area contributed by atoms with E-state index in [9.17, 15) is 4.79 Å². The van der Waals surface area contributed by atoms with Crippen molar-refractivity contribution in [2.24, 2.45) is 11.8 Å². The van der Waals surface area contributed by atoms with Crippen LogP contribution in [0.1, 0.15) is 71.1 Å². The van der Waals surface area contributed by atoms with Gasteiger partial charge in [-0.15, -0.1) is 0 Å². The molecular formula is C16H28O2. The molecule has 0 radical (unpaired) electrons. The summed E-state index contributed by atoms with van der Waals surface area (Å²) in [6, 6.07) is 0. The van der Waals surface area contributed by atoms with Crippen LogP contribution >= 0.6 is 0 Å². The lowest BCUT2D eigenvalue weighted by Gasteiger charge is -2.27. The molecule has 2 nitrogen and oxygen atoms in total. The van der Waals surface area contributed by atoms with E-state index in [0.29, 0.717) is 17.8 Å². The maximum absolute atomic E-state index is 12.2. The quantitative estimate of drug-likeness (QED) is 0.710. The van der Waals surface area contributed by atoms with E-state index >= 15 is 0 Å². The van der Waals surface area contributed by atoms with E-state index in [2.05, 4.69) is 6.92 Å². The highest BCUT2D eigenvalue weighted by Crippen LogP contribution is 2.32. The zero-order valence-electron chi connectivity index (χ0n) is 11.8. The Morgan fingerprint density at radius 1 is 1.22 bits per heavy atom. The van der Waals surface area contributed by atoms with Crippen molar-refractivity contribution in [3.8, 4) is 0 Å². The molecule has 0 amide bonds. The van der Waals surface area contributed by atoms with Crippen molar-refractivity contribution in [2.45, 2.75) is 77.2 Å². The normalized spacial score (nSPS) is 32.6. The lowest BCUT2D eigenvalue weighted by molar-refractivity contribution is -0.124. The van der Waals surface area contributed by atoms with Gasteiger partial charge in [0.05, 0.1) is 6.10 Å². The highest BCUT2D eigenvalue weighted by atomic mass is 16.5. The van der Waals surface area contributed by atoms with Gasteiger partial charge in [0.25, 0.3) is 0 Å². The highest BCUT2D eigenvalue weighted by Gasteiger charge is 2.26. The Morgan fingerprint density at radius 2 is 2.11 bits per heavy atom. The summed E-state index contributed by atoms with van der Waals surface area (Å²) in [6.45, 7) is 3.19. The largest absolute Gasteiger partial charge is 0.378 e. The van der Waals surface area contributed by atoms with Gasteiger partial charge < -0.3 is 4.74 Å². The summed E-state index contributed by atoms with van der Waals surface area (Å²) >= 11 is 0. The van der Waals surface area contributed by atoms with Gasteiger partial charge in [0.2, 0.25) is 0 Å². The number of hydrogen-bond donors (Lipinski definition) is 0. The van der Waals surface area contributed by atoms with Crippen molar-refractivity contribution >= 4 is 5.78 Å². The smallest absolute Gasteiger partial charge is 0.135 e. The second-order valence-corrected chi connectivity index (χ2v) is 6.13. The van der Waals surface area contributed by atoms with Crippen LogP contribution in [-0.4, -0.2) is 18.5 Å². The topological polar surface area (TPSA) is 26.3 Å². The second-order valence-electron chi connectivity index (χ2n) is 6.13. The van der Waals surface area contributed by atoms with Gasteiger partial charge in [-0.05, 0) is 44.4 Å². The van der Waals surface area contributed by atoms with Gasteiger partial charge in [0, 0.05) is 18.9 Å². The molecule has 1 heterocycles. The summed E-state index contributed by atoms with van der Waals surface area (Å²) in [5, 5.41) is 0. The fourth-order valence-electron chi connectivity index (χ4n) is 3.53. The first-order valence-corrected chi connectivity index (χ1v) is 7.94. The molecule has 0 N–H and O–H groups in total. The molecule has 0 bridgehead atoms. The van der Waals surface area contributed by atoms with Gasteiger partial charge in [-0.25, -0.2) is 0 Å². The molecule has 0 spiro atoms. The van der Waals surface area contributed by atoms with Crippen LogP contribution in [-0.2, 0) is 9.53 Å². The molecule has 104 valence electrons. The van der Waals surface area contributed by atoms with Crippen molar-refractivity contribution in [1.82, 2.24) is 0 Å². The predicted molar refractivity (Wildman–Crippen MR) is 73.6 cm³/mol. The van der Waals surface area contributed by atoms with Crippen LogP contribution in [0, 0.1) is 11.8 Å². The molecule has 18 heavy (non-hydrogen) atoms. The molecule has 3 atom stereocenters. The minimum absolute atomic E-state index is 0.383. The highest BCUT2D eigenvalue weighted by molar-refractivity contribution is 5.81. The van der Waals surface area contributed by atoms with Gasteiger partial charge in [-0.1, -0.05) is 26.2 Å². The van der Waals surface area contributed by atoms with Crippen molar-refractivity contribution in [3.05, 3.63) is 0 Å². The Kier molecular flexibility index (Phi) is 5.68.